The second kappa shape index (κ2) is 7.19. The molecule has 160 valence electrons. The number of aliphatic imine (C=N–C) groups is 1. The highest BCUT2D eigenvalue weighted by atomic mass is 16.2. The highest BCUT2D eigenvalue weighted by molar-refractivity contribution is 6.11. The Bertz CT molecular complexity index is 1230. The summed E-state index contributed by atoms with van der Waals surface area (Å²) < 4.78 is 1.64. The van der Waals surface area contributed by atoms with Crippen LogP contribution in [0.2, 0.25) is 0 Å². The Balaban J connectivity index is 1.66. The fraction of sp³-hybridized carbons (Fsp3) is 0.318. The second-order valence-electron chi connectivity index (χ2n) is 8.99. The summed E-state index contributed by atoms with van der Waals surface area (Å²) in [4.78, 5) is 25.7. The first kappa shape index (κ1) is 20.5. The molecule has 1 aliphatic rings. The molecule has 0 bridgehead atoms. The molecule has 1 aromatic carbocycles. The minimum absolute atomic E-state index is 0.0146. The fourth-order valence-electron chi connectivity index (χ4n) is 3.32. The molecule has 1 amide bonds. The van der Waals surface area contributed by atoms with Gasteiger partial charge >= 0.3 is 0 Å². The summed E-state index contributed by atoms with van der Waals surface area (Å²) in [6.07, 6.45) is 6.53. The maximum atomic E-state index is 12.2. The summed E-state index contributed by atoms with van der Waals surface area (Å²) in [5.41, 5.74) is 9.37. The van der Waals surface area contributed by atoms with Gasteiger partial charge in [0.25, 0.3) is 0 Å². The van der Waals surface area contributed by atoms with Crippen LogP contribution >= 0.6 is 0 Å². The number of hydrogen-bond acceptors (Lipinski definition) is 7. The van der Waals surface area contributed by atoms with Crippen molar-refractivity contribution in [3.63, 3.8) is 0 Å². The first-order valence-corrected chi connectivity index (χ1v) is 10.0. The van der Waals surface area contributed by atoms with Crippen molar-refractivity contribution in [1.82, 2.24) is 19.6 Å². The predicted octanol–water partition coefficient (Wildman–Crippen LogP) is 3.27. The lowest BCUT2D eigenvalue weighted by Crippen LogP contribution is -2.26. The molecule has 3 aromatic rings. The van der Waals surface area contributed by atoms with Gasteiger partial charge < -0.3 is 16.4 Å². The molecule has 31 heavy (non-hydrogen) atoms. The van der Waals surface area contributed by atoms with Gasteiger partial charge in [-0.15, -0.1) is 5.10 Å². The molecule has 0 spiro atoms. The second-order valence-corrected chi connectivity index (χ2v) is 8.99. The van der Waals surface area contributed by atoms with Gasteiger partial charge in [-0.3, -0.25) is 14.8 Å². The van der Waals surface area contributed by atoms with E-state index in [0.717, 1.165) is 16.9 Å². The van der Waals surface area contributed by atoms with Gasteiger partial charge in [0, 0.05) is 41.8 Å². The zero-order valence-electron chi connectivity index (χ0n) is 18.3. The molecule has 9 heteroatoms. The SMILES string of the molecule is CC(C)(C)N=CC(=CN)c1nccn2nc(Nc3ccc4c(c3)NC(=O)C4(C)C)nc12. The lowest BCUT2D eigenvalue weighted by atomic mass is 9.86. The molecular weight excluding hydrogens is 392 g/mol. The van der Waals surface area contributed by atoms with Gasteiger partial charge in [0.15, 0.2) is 5.65 Å². The summed E-state index contributed by atoms with van der Waals surface area (Å²) >= 11 is 0. The normalized spacial score (nSPS) is 16.0. The van der Waals surface area contributed by atoms with Gasteiger partial charge in [-0.05, 0) is 52.3 Å². The molecule has 1 aliphatic heterocycles. The van der Waals surface area contributed by atoms with Crippen LogP contribution < -0.4 is 16.4 Å². The van der Waals surface area contributed by atoms with Crippen molar-refractivity contribution in [2.75, 3.05) is 10.6 Å². The number of nitrogens with two attached hydrogens (primary N) is 1. The third kappa shape index (κ3) is 3.86. The van der Waals surface area contributed by atoms with Crippen molar-refractivity contribution in [1.29, 1.82) is 0 Å². The molecule has 3 heterocycles. The zero-order valence-corrected chi connectivity index (χ0v) is 18.3. The largest absolute Gasteiger partial charge is 0.404 e. The summed E-state index contributed by atoms with van der Waals surface area (Å²) in [7, 11) is 0. The van der Waals surface area contributed by atoms with Gasteiger partial charge in [0.1, 0.15) is 5.69 Å². The van der Waals surface area contributed by atoms with Crippen LogP contribution in [0.4, 0.5) is 17.3 Å². The number of nitrogens with one attached hydrogen (secondary N) is 2. The molecule has 0 aliphatic carbocycles. The first-order valence-electron chi connectivity index (χ1n) is 10.0. The smallest absolute Gasteiger partial charge is 0.247 e. The van der Waals surface area contributed by atoms with E-state index in [1.54, 1.807) is 23.1 Å². The van der Waals surface area contributed by atoms with Crippen LogP contribution in [0.1, 0.15) is 45.9 Å². The lowest BCUT2D eigenvalue weighted by molar-refractivity contribution is -0.119. The van der Waals surface area contributed by atoms with E-state index in [2.05, 4.69) is 30.7 Å². The van der Waals surface area contributed by atoms with Crippen LogP contribution in [-0.4, -0.2) is 37.2 Å². The number of allylic oxidation sites excluding steroid dienone is 1. The molecule has 0 radical (unpaired) electrons. The van der Waals surface area contributed by atoms with E-state index in [-0.39, 0.29) is 11.4 Å². The molecule has 4 rings (SSSR count). The molecule has 9 nitrogen and oxygen atoms in total. The van der Waals surface area contributed by atoms with Crippen molar-refractivity contribution in [3.05, 3.63) is 48.1 Å². The molecule has 0 saturated heterocycles. The minimum atomic E-state index is -0.546. The van der Waals surface area contributed by atoms with Gasteiger partial charge in [-0.25, -0.2) is 4.52 Å². The predicted molar refractivity (Wildman–Crippen MR) is 123 cm³/mol. The average molecular weight is 419 g/mol. The van der Waals surface area contributed by atoms with E-state index in [1.165, 1.54) is 6.20 Å². The third-order valence-electron chi connectivity index (χ3n) is 5.06. The van der Waals surface area contributed by atoms with Gasteiger partial charge in [0.2, 0.25) is 11.9 Å². The summed E-state index contributed by atoms with van der Waals surface area (Å²) in [6.45, 7) is 9.83. The standard InChI is InChI=1S/C22H26N8O/c1-21(2,3)25-12-13(11-23)17-18-28-20(29-30(18)9-8-24-17)26-14-6-7-15-16(10-14)27-19(31)22(15,4)5/h6-12H,23H2,1-5H3,(H,26,29)(H,27,31). The first-order chi connectivity index (χ1) is 14.6. The topological polar surface area (TPSA) is 123 Å². The van der Waals surface area contributed by atoms with Gasteiger partial charge in [-0.2, -0.15) is 4.98 Å². The zero-order chi connectivity index (χ0) is 22.4. The van der Waals surface area contributed by atoms with Crippen LogP contribution in [0.15, 0.2) is 41.8 Å². The number of aromatic nitrogens is 4. The molecular formula is C22H26N8O. The van der Waals surface area contributed by atoms with E-state index in [9.17, 15) is 4.79 Å². The van der Waals surface area contributed by atoms with Crippen molar-refractivity contribution in [2.24, 2.45) is 10.7 Å². The number of anilines is 3. The molecule has 0 unspecified atom stereocenters. The number of nitrogens with zero attached hydrogens (tertiary/aromatic N) is 5. The van der Waals surface area contributed by atoms with Crippen LogP contribution in [0, 0.1) is 0 Å². The Morgan fingerprint density at radius 3 is 2.81 bits per heavy atom. The van der Waals surface area contributed by atoms with Gasteiger partial charge in [-0.1, -0.05) is 6.07 Å². The number of benzene rings is 1. The lowest BCUT2D eigenvalue weighted by Gasteiger charge is -2.14. The molecule has 0 saturated carbocycles. The Hall–Kier alpha value is -3.75. The van der Waals surface area contributed by atoms with E-state index < -0.39 is 5.41 Å². The Kier molecular flexibility index (Phi) is 4.76. The van der Waals surface area contributed by atoms with E-state index in [4.69, 9.17) is 5.73 Å². The van der Waals surface area contributed by atoms with Crippen molar-refractivity contribution < 1.29 is 4.79 Å². The summed E-state index contributed by atoms with van der Waals surface area (Å²) in [5, 5.41) is 10.6. The van der Waals surface area contributed by atoms with Crippen molar-refractivity contribution in [3.8, 4) is 0 Å². The number of fused-ring (bicyclic) bond motifs is 2. The Morgan fingerprint density at radius 2 is 2.10 bits per heavy atom. The Morgan fingerprint density at radius 1 is 1.32 bits per heavy atom. The Labute approximate surface area is 180 Å². The quantitative estimate of drug-likeness (QED) is 0.559. The van der Waals surface area contributed by atoms with Crippen LogP contribution in [0.25, 0.3) is 11.2 Å². The molecule has 2 aromatic heterocycles. The molecule has 4 N–H and O–H groups in total. The fourth-order valence-corrected chi connectivity index (χ4v) is 3.32. The van der Waals surface area contributed by atoms with Crippen molar-refractivity contribution in [2.45, 2.75) is 45.6 Å². The van der Waals surface area contributed by atoms with E-state index in [0.29, 0.717) is 22.9 Å². The number of amides is 1. The highest BCUT2D eigenvalue weighted by Gasteiger charge is 2.38. The average Bonchev–Trinajstić information content (AvgIpc) is 3.19. The number of hydrogen-bond donors (Lipinski definition) is 3. The van der Waals surface area contributed by atoms with E-state index in [1.807, 2.05) is 52.8 Å². The number of carbonyl (C=O) groups excluding carboxylic acids is 1. The summed E-state index contributed by atoms with van der Waals surface area (Å²) in [5.74, 6) is 0.390. The maximum absolute atomic E-state index is 12.2. The molecule has 0 atom stereocenters. The highest BCUT2D eigenvalue weighted by Crippen LogP contribution is 2.38. The maximum Gasteiger partial charge on any atom is 0.247 e. The minimum Gasteiger partial charge on any atom is -0.404 e. The number of carbonyl (C=O) groups is 1. The monoisotopic (exact) mass is 418 g/mol. The number of rotatable bonds is 4. The molecule has 0 fully saturated rings. The van der Waals surface area contributed by atoms with Crippen molar-refractivity contribution >= 4 is 40.7 Å². The van der Waals surface area contributed by atoms with Crippen LogP contribution in [0.5, 0.6) is 0 Å². The third-order valence-corrected chi connectivity index (χ3v) is 5.06. The van der Waals surface area contributed by atoms with Crippen LogP contribution in [-0.2, 0) is 10.2 Å². The summed E-state index contributed by atoms with van der Waals surface area (Å²) in [6, 6.07) is 5.73. The van der Waals surface area contributed by atoms with E-state index >= 15 is 0 Å². The van der Waals surface area contributed by atoms with Crippen LogP contribution in [0.3, 0.4) is 0 Å². The van der Waals surface area contributed by atoms with Gasteiger partial charge in [0.05, 0.1) is 11.0 Å².